The number of halogens is 2. The predicted molar refractivity (Wildman–Crippen MR) is 267 cm³/mol. The molecule has 2 saturated carbocycles. The normalized spacial score (nSPS) is 38.9. The number of nitrogens with zero attached hydrogens (tertiary/aromatic N) is 6. The van der Waals surface area contributed by atoms with Crippen LogP contribution in [0.4, 0.5) is 11.4 Å². The zero-order valence-electron chi connectivity index (χ0n) is 41.4. The van der Waals surface area contributed by atoms with Crippen molar-refractivity contribution in [3.05, 3.63) is 154 Å². The molecule has 12 nitrogen and oxygen atoms in total. The predicted octanol–water partition coefficient (Wildman–Crippen LogP) is 0.677. The molecule has 2 spiro atoms. The molecular weight excluding hydrogens is 972 g/mol. The highest BCUT2D eigenvalue weighted by molar-refractivity contribution is 6.22. The van der Waals surface area contributed by atoms with Crippen LogP contribution in [-0.2, 0) is 20.3 Å². The fourth-order valence-electron chi connectivity index (χ4n) is 20.0. The lowest BCUT2D eigenvalue weighted by Gasteiger charge is -2.65. The maximum absolute atomic E-state index is 13.6. The first-order valence-electron chi connectivity index (χ1n) is 27.3. The monoisotopic (exact) mass is 1030 g/mol. The van der Waals surface area contributed by atoms with Gasteiger partial charge < -0.3 is 53.1 Å². The smallest absolute Gasteiger partial charge is 0.261 e. The van der Waals surface area contributed by atoms with Crippen LogP contribution in [0.1, 0.15) is 91.1 Å². The van der Waals surface area contributed by atoms with Gasteiger partial charge in [-0.1, -0.05) is 72.8 Å². The molecule has 380 valence electrons. The van der Waals surface area contributed by atoms with Crippen molar-refractivity contribution >= 4 is 35.0 Å². The molecule has 0 aromatic heterocycles. The lowest BCUT2D eigenvalue weighted by atomic mass is 9.52. The minimum atomic E-state index is -0.157. The Morgan fingerprint density at radius 3 is 1.30 bits per heavy atom. The van der Waals surface area contributed by atoms with Gasteiger partial charge in [0.05, 0.1) is 84.6 Å². The van der Waals surface area contributed by atoms with Gasteiger partial charge in [0.2, 0.25) is 0 Å². The molecule has 0 N–H and O–H groups in total. The molecule has 5 saturated heterocycles. The molecule has 4 aromatic rings. The fourth-order valence-corrected chi connectivity index (χ4v) is 20.0. The molecule has 2 aliphatic carbocycles. The molecule has 4 amide bonds. The topological polar surface area (TPSA) is 99.7 Å². The number of benzene rings is 4. The molecule has 7 fully saturated rings. The van der Waals surface area contributed by atoms with Crippen molar-refractivity contribution in [1.82, 2.24) is 9.80 Å². The first-order valence-corrected chi connectivity index (χ1v) is 27.3. The number of carbonyl (C=O) groups excluding carboxylic acids is 4. The van der Waals surface area contributed by atoms with Gasteiger partial charge in [-0.3, -0.25) is 29.0 Å². The zero-order chi connectivity index (χ0) is 47.6. The second-order valence-electron chi connectivity index (χ2n) is 24.2. The van der Waals surface area contributed by atoms with E-state index in [0.29, 0.717) is 72.5 Å². The highest BCUT2D eigenvalue weighted by Crippen LogP contribution is 2.72. The van der Waals surface area contributed by atoms with Gasteiger partial charge in [0, 0.05) is 86.7 Å². The van der Waals surface area contributed by atoms with E-state index >= 15 is 0 Å². The summed E-state index contributed by atoms with van der Waals surface area (Å²) >= 11 is 0. The van der Waals surface area contributed by atoms with Gasteiger partial charge in [0.25, 0.3) is 23.6 Å². The standard InChI is InChI=1S/C60H60N6O6.2ClH/c67-53-37-11-1-2-12-38(37)54(68)61(53)23-9-25-65-27-21-59-43-15-5-7-17-45(43)63-51(59)49-41(31-47(59)65)35(33-65)19-29-71-57(49)64-46-18-8-6-16-44(46)60-22-28-66(26-10-24-62-55(69)39-13-3-4-14-40(39)56(62)70)34-36-20-30-72-58(63)50(52(60)64)42(36)32-48(60)66;;/h1-8,11-20,41-42,47-52,57-58H,9-10,21-34H2;2*1H/q+2;;/p-2/t41?,42?,47?,48?,49?,50?,51?,52?,57?,58?,59?,60?,65-,66-;;/m0../s1. The van der Waals surface area contributed by atoms with Gasteiger partial charge in [0.15, 0.2) is 0 Å². The lowest BCUT2D eigenvalue weighted by Crippen LogP contribution is -3.00. The van der Waals surface area contributed by atoms with E-state index in [4.69, 9.17) is 9.47 Å². The van der Waals surface area contributed by atoms with Crippen LogP contribution in [0.15, 0.2) is 120 Å². The molecule has 13 aliphatic rings. The Bertz CT molecular complexity index is 2960. The van der Waals surface area contributed by atoms with E-state index in [1.807, 2.05) is 24.3 Å². The Morgan fingerprint density at radius 1 is 0.514 bits per heavy atom. The number of amides is 4. The minimum Gasteiger partial charge on any atom is -1.00 e. The van der Waals surface area contributed by atoms with Gasteiger partial charge >= 0.3 is 0 Å². The largest absolute Gasteiger partial charge is 1.00 e. The summed E-state index contributed by atoms with van der Waals surface area (Å²) < 4.78 is 17.3. The molecule has 4 aromatic carbocycles. The summed E-state index contributed by atoms with van der Waals surface area (Å²) in [4.78, 5) is 63.4. The second-order valence-corrected chi connectivity index (χ2v) is 24.2. The van der Waals surface area contributed by atoms with Gasteiger partial charge in [0.1, 0.15) is 37.6 Å². The molecule has 12 unspecified atom stereocenters. The maximum atomic E-state index is 13.6. The summed E-state index contributed by atoms with van der Waals surface area (Å²) in [6.07, 6.45) is 10.6. The van der Waals surface area contributed by atoms with Crippen LogP contribution in [0.25, 0.3) is 0 Å². The average molecular weight is 1030 g/mol. The average Bonchev–Trinajstić information content (AvgIpc) is 4.25. The van der Waals surface area contributed by atoms with Crippen LogP contribution in [-0.4, -0.2) is 145 Å². The number of hydrogen-bond donors (Lipinski definition) is 0. The minimum absolute atomic E-state index is 0. The first-order chi connectivity index (χ1) is 35.3. The number of ether oxygens (including phenoxy) is 2. The summed E-state index contributed by atoms with van der Waals surface area (Å²) in [5.74, 6) is 0.471. The number of anilines is 2. The van der Waals surface area contributed by atoms with Crippen LogP contribution in [0, 0.1) is 23.7 Å². The van der Waals surface area contributed by atoms with Crippen LogP contribution in [0.5, 0.6) is 0 Å². The molecule has 74 heavy (non-hydrogen) atoms. The number of carbonyl (C=O) groups is 4. The fraction of sp³-hybridized carbons (Fsp3) is 0.467. The number of imide groups is 2. The molecule has 11 heterocycles. The third-order valence-corrected chi connectivity index (χ3v) is 22.2. The SMILES string of the molecule is O=C1c2ccccc2C(=O)N1CCC[N@+]12CCC34c5ccccc5N5C6OCC=C7C[N@+]8(CCCN9C(=O)c%10ccccc%10C9=O)CCC9%10c%11ccccc%11N(C%11OCC=C(C1)C(CC32)C%11C54)C9C6C7CC%108.[Cl-].[Cl-]. The van der Waals surface area contributed by atoms with Crippen molar-refractivity contribution in [2.75, 3.05) is 75.4 Å². The van der Waals surface area contributed by atoms with Crippen molar-refractivity contribution in [2.24, 2.45) is 23.7 Å². The summed E-state index contributed by atoms with van der Waals surface area (Å²) in [6.45, 7) is 8.02. The Kier molecular flexibility index (Phi) is 9.72. The Morgan fingerprint density at radius 2 is 0.892 bits per heavy atom. The van der Waals surface area contributed by atoms with E-state index in [0.717, 1.165) is 86.8 Å². The van der Waals surface area contributed by atoms with Gasteiger partial charge in [-0.05, 0) is 58.7 Å². The Labute approximate surface area is 443 Å². The number of rotatable bonds is 8. The summed E-state index contributed by atoms with van der Waals surface area (Å²) in [5, 5.41) is 0. The maximum Gasteiger partial charge on any atom is 0.261 e. The van der Waals surface area contributed by atoms with Crippen molar-refractivity contribution in [3.63, 3.8) is 0 Å². The molecule has 14 heteroatoms. The van der Waals surface area contributed by atoms with Crippen LogP contribution >= 0.6 is 0 Å². The van der Waals surface area contributed by atoms with Crippen LogP contribution < -0.4 is 34.6 Å². The lowest BCUT2D eigenvalue weighted by molar-refractivity contribution is -0.943. The highest BCUT2D eigenvalue weighted by Gasteiger charge is 2.81. The Hall–Kier alpha value is -5.34. The van der Waals surface area contributed by atoms with Gasteiger partial charge in [-0.15, -0.1) is 0 Å². The molecule has 14 atom stereocenters. The van der Waals surface area contributed by atoms with E-state index < -0.39 is 0 Å². The number of quaternary nitrogens is 2. The van der Waals surface area contributed by atoms with E-state index in [9.17, 15) is 19.2 Å². The van der Waals surface area contributed by atoms with Crippen LogP contribution in [0.2, 0.25) is 0 Å². The van der Waals surface area contributed by atoms with E-state index in [1.54, 1.807) is 35.4 Å². The van der Waals surface area contributed by atoms with E-state index in [1.165, 1.54) is 32.3 Å². The number of fused-ring (bicyclic) bond motifs is 8. The van der Waals surface area contributed by atoms with Crippen molar-refractivity contribution in [2.45, 2.75) is 86.0 Å². The quantitative estimate of drug-likeness (QED) is 0.145. The van der Waals surface area contributed by atoms with Crippen molar-refractivity contribution < 1.29 is 62.4 Å². The second kappa shape index (κ2) is 15.6. The van der Waals surface area contributed by atoms with E-state index in [-0.39, 0.29) is 95.6 Å². The molecule has 17 rings (SSSR count). The third-order valence-electron chi connectivity index (χ3n) is 22.2. The molecule has 4 bridgehead atoms. The number of hydrogen-bond acceptors (Lipinski definition) is 8. The Balaban J connectivity index is 0.00000242. The molecule has 11 aliphatic heterocycles. The summed E-state index contributed by atoms with van der Waals surface area (Å²) in [6, 6.07) is 34.6. The van der Waals surface area contributed by atoms with Gasteiger partial charge in [-0.25, -0.2) is 0 Å². The van der Waals surface area contributed by atoms with Crippen molar-refractivity contribution in [1.29, 1.82) is 0 Å². The number of piperidine rings is 2. The summed E-state index contributed by atoms with van der Waals surface area (Å²) in [7, 11) is 0. The number of para-hydroxylation sites is 2. The van der Waals surface area contributed by atoms with E-state index in [2.05, 4.69) is 70.5 Å². The third kappa shape index (κ3) is 5.31. The van der Waals surface area contributed by atoms with Crippen molar-refractivity contribution in [3.8, 4) is 0 Å². The van der Waals surface area contributed by atoms with Gasteiger partial charge in [-0.2, -0.15) is 0 Å². The molecule has 0 radical (unpaired) electrons. The molecular formula is C60H60Cl2N6O6. The zero-order valence-corrected chi connectivity index (χ0v) is 42.9. The summed E-state index contributed by atoms with van der Waals surface area (Å²) in [5.41, 5.74) is 10.7. The highest BCUT2D eigenvalue weighted by atomic mass is 35.5. The first kappa shape index (κ1) is 46.0. The van der Waals surface area contributed by atoms with Crippen LogP contribution in [0.3, 0.4) is 0 Å².